The Morgan fingerprint density at radius 1 is 1.26 bits per heavy atom. The molecule has 1 aromatic carbocycles. The molecule has 10 heteroatoms. The van der Waals surface area contributed by atoms with E-state index in [1.54, 1.807) is 6.92 Å². The van der Waals surface area contributed by atoms with Gasteiger partial charge in [-0.1, -0.05) is 0 Å². The molecular weight excluding hydrogens is 385 g/mol. The number of carbonyl (C=O) groups excluding carboxylic acids is 2. The van der Waals surface area contributed by atoms with Gasteiger partial charge in [-0.05, 0) is 25.1 Å². The van der Waals surface area contributed by atoms with Crippen LogP contribution in [0.1, 0.15) is 12.5 Å². The number of ether oxygens (including phenoxy) is 2. The number of esters is 1. The third kappa shape index (κ3) is 6.62. The molecule has 0 spiro atoms. The van der Waals surface area contributed by atoms with Crippen LogP contribution < -0.4 is 10.2 Å². The van der Waals surface area contributed by atoms with Gasteiger partial charge in [-0.25, -0.2) is 0 Å². The molecule has 2 rings (SSSR count). The van der Waals surface area contributed by atoms with Crippen molar-refractivity contribution in [1.82, 2.24) is 0 Å². The van der Waals surface area contributed by atoms with Crippen molar-refractivity contribution in [2.24, 2.45) is 0 Å². The summed E-state index contributed by atoms with van der Waals surface area (Å²) < 4.78 is 49.1. The van der Waals surface area contributed by atoms with Gasteiger partial charge in [0.25, 0.3) is 0 Å². The zero-order chi connectivity index (χ0) is 19.9. The molecule has 6 nitrogen and oxygen atoms in total. The number of hydrogen-bond acceptors (Lipinski definition) is 6. The molecule has 0 aliphatic carbocycles. The maximum absolute atomic E-state index is 13.0. The summed E-state index contributed by atoms with van der Waals surface area (Å²) in [5, 5.41) is 2.53. The van der Waals surface area contributed by atoms with Crippen molar-refractivity contribution >= 4 is 35.0 Å². The molecule has 27 heavy (non-hydrogen) atoms. The van der Waals surface area contributed by atoms with Gasteiger partial charge in [0.05, 0.1) is 48.3 Å². The van der Waals surface area contributed by atoms with Crippen LogP contribution >= 0.6 is 11.8 Å². The highest BCUT2D eigenvalue weighted by Gasteiger charge is 2.31. The Morgan fingerprint density at radius 3 is 2.59 bits per heavy atom. The van der Waals surface area contributed by atoms with E-state index in [1.807, 2.05) is 4.90 Å². The van der Waals surface area contributed by atoms with Crippen molar-refractivity contribution in [1.29, 1.82) is 0 Å². The van der Waals surface area contributed by atoms with Crippen LogP contribution in [-0.2, 0) is 25.2 Å². The van der Waals surface area contributed by atoms with Crippen LogP contribution in [-0.4, -0.2) is 56.3 Å². The summed E-state index contributed by atoms with van der Waals surface area (Å²) in [6.07, 6.45) is -4.51. The number of rotatable bonds is 7. The largest absolute Gasteiger partial charge is 0.465 e. The van der Waals surface area contributed by atoms with E-state index in [1.165, 1.54) is 6.07 Å². The number of nitrogens with zero attached hydrogens (tertiary/aromatic N) is 1. The third-order valence-electron chi connectivity index (χ3n) is 3.71. The minimum Gasteiger partial charge on any atom is -0.465 e. The molecule has 1 aromatic rings. The molecule has 1 heterocycles. The topological polar surface area (TPSA) is 67.9 Å². The lowest BCUT2D eigenvalue weighted by Crippen LogP contribution is -2.37. The smallest absolute Gasteiger partial charge is 0.416 e. The van der Waals surface area contributed by atoms with Gasteiger partial charge < -0.3 is 19.7 Å². The number of amides is 1. The molecule has 0 aromatic heterocycles. The zero-order valence-corrected chi connectivity index (χ0v) is 15.6. The van der Waals surface area contributed by atoms with Gasteiger partial charge >= 0.3 is 12.1 Å². The predicted octanol–water partition coefficient (Wildman–Crippen LogP) is 2.78. The molecule has 1 saturated heterocycles. The van der Waals surface area contributed by atoms with E-state index in [4.69, 9.17) is 9.47 Å². The molecule has 1 N–H and O–H groups in total. The third-order valence-corrected chi connectivity index (χ3v) is 4.61. The van der Waals surface area contributed by atoms with Crippen LogP contribution in [0.2, 0.25) is 0 Å². The Hall–Kier alpha value is -1.94. The second-order valence-corrected chi connectivity index (χ2v) is 6.66. The first-order valence-electron chi connectivity index (χ1n) is 8.38. The van der Waals surface area contributed by atoms with Crippen molar-refractivity contribution in [3.63, 3.8) is 0 Å². The number of anilines is 2. The molecule has 0 radical (unpaired) electrons. The Kier molecular flexibility index (Phi) is 7.78. The van der Waals surface area contributed by atoms with Gasteiger partial charge in [0, 0.05) is 13.1 Å². The molecule has 1 aliphatic heterocycles. The number of alkyl halides is 3. The van der Waals surface area contributed by atoms with Crippen LogP contribution in [0.3, 0.4) is 0 Å². The second kappa shape index (κ2) is 9.84. The summed E-state index contributed by atoms with van der Waals surface area (Å²) >= 11 is 1.04. The van der Waals surface area contributed by atoms with Gasteiger partial charge in [0.2, 0.25) is 5.91 Å². The SMILES string of the molecule is CCOC(=O)CSCC(=O)Nc1cc(C(F)(F)F)ccc1N1CCOCC1. The van der Waals surface area contributed by atoms with Crippen LogP contribution in [0.4, 0.5) is 24.5 Å². The van der Waals surface area contributed by atoms with E-state index in [-0.39, 0.29) is 23.8 Å². The van der Waals surface area contributed by atoms with Crippen LogP contribution in [0.15, 0.2) is 18.2 Å². The fraction of sp³-hybridized carbons (Fsp3) is 0.529. The highest BCUT2D eigenvalue weighted by atomic mass is 32.2. The summed E-state index contributed by atoms with van der Waals surface area (Å²) in [5.41, 5.74) is -0.238. The van der Waals surface area contributed by atoms with E-state index in [0.717, 1.165) is 23.9 Å². The number of morpholine rings is 1. The Bertz CT molecular complexity index is 664. The van der Waals surface area contributed by atoms with Gasteiger partial charge in [0.15, 0.2) is 0 Å². The monoisotopic (exact) mass is 406 g/mol. The Morgan fingerprint density at radius 2 is 1.96 bits per heavy atom. The first-order valence-corrected chi connectivity index (χ1v) is 9.54. The molecule has 0 bridgehead atoms. The number of benzene rings is 1. The highest BCUT2D eigenvalue weighted by molar-refractivity contribution is 8.00. The first kappa shape index (κ1) is 21.4. The quantitative estimate of drug-likeness (QED) is 0.703. The maximum Gasteiger partial charge on any atom is 0.416 e. The number of nitrogens with one attached hydrogen (secondary N) is 1. The molecule has 0 atom stereocenters. The molecule has 150 valence electrons. The fourth-order valence-electron chi connectivity index (χ4n) is 2.51. The van der Waals surface area contributed by atoms with E-state index < -0.39 is 23.6 Å². The first-order chi connectivity index (χ1) is 12.8. The number of hydrogen-bond donors (Lipinski definition) is 1. The van der Waals surface area contributed by atoms with Gasteiger partial charge in [-0.3, -0.25) is 9.59 Å². The summed E-state index contributed by atoms with van der Waals surface area (Å²) in [4.78, 5) is 25.3. The normalized spacial score (nSPS) is 14.7. The number of carbonyl (C=O) groups is 2. The van der Waals surface area contributed by atoms with Crippen molar-refractivity contribution in [3.05, 3.63) is 23.8 Å². The van der Waals surface area contributed by atoms with Crippen LogP contribution in [0.25, 0.3) is 0 Å². The minimum absolute atomic E-state index is 0.000170. The minimum atomic E-state index is -4.51. The lowest BCUT2D eigenvalue weighted by Gasteiger charge is -2.31. The van der Waals surface area contributed by atoms with Crippen LogP contribution in [0.5, 0.6) is 0 Å². The van der Waals surface area contributed by atoms with Crippen molar-refractivity contribution in [3.8, 4) is 0 Å². The Labute approximate surface area is 159 Å². The molecule has 0 unspecified atom stereocenters. The van der Waals surface area contributed by atoms with Crippen molar-refractivity contribution in [2.45, 2.75) is 13.1 Å². The standard InChI is InChI=1S/C17H21F3N2O4S/c1-2-26-16(24)11-27-10-15(23)21-13-9-12(17(18,19)20)3-4-14(13)22-5-7-25-8-6-22/h3-4,9H,2,5-8,10-11H2,1H3,(H,21,23). The molecule has 1 amide bonds. The predicted molar refractivity (Wildman–Crippen MR) is 97.1 cm³/mol. The maximum atomic E-state index is 13.0. The van der Waals surface area contributed by atoms with E-state index in [0.29, 0.717) is 32.0 Å². The van der Waals surface area contributed by atoms with Gasteiger partial charge in [0.1, 0.15) is 0 Å². The average Bonchev–Trinajstić information content (AvgIpc) is 2.62. The summed E-state index contributed by atoms with van der Waals surface area (Å²) in [7, 11) is 0. The molecule has 0 saturated carbocycles. The van der Waals surface area contributed by atoms with E-state index >= 15 is 0 Å². The zero-order valence-electron chi connectivity index (χ0n) is 14.8. The number of thioether (sulfide) groups is 1. The van der Waals surface area contributed by atoms with Gasteiger partial charge in [-0.15, -0.1) is 11.8 Å². The van der Waals surface area contributed by atoms with Crippen LogP contribution in [0, 0.1) is 0 Å². The summed E-state index contributed by atoms with van der Waals surface area (Å²) in [6.45, 7) is 3.89. The summed E-state index contributed by atoms with van der Waals surface area (Å²) in [6, 6.07) is 3.28. The fourth-order valence-corrected chi connectivity index (χ4v) is 3.12. The Balaban J connectivity index is 2.09. The van der Waals surface area contributed by atoms with Gasteiger partial charge in [-0.2, -0.15) is 13.2 Å². The van der Waals surface area contributed by atoms with E-state index in [2.05, 4.69) is 5.32 Å². The average molecular weight is 406 g/mol. The highest BCUT2D eigenvalue weighted by Crippen LogP contribution is 2.35. The second-order valence-electron chi connectivity index (χ2n) is 5.68. The molecular formula is C17H21F3N2O4S. The van der Waals surface area contributed by atoms with Crippen molar-refractivity contribution < 1.29 is 32.2 Å². The molecule has 1 fully saturated rings. The lowest BCUT2D eigenvalue weighted by atomic mass is 10.1. The van der Waals surface area contributed by atoms with E-state index in [9.17, 15) is 22.8 Å². The van der Waals surface area contributed by atoms with Crippen molar-refractivity contribution in [2.75, 3.05) is 54.6 Å². The lowest BCUT2D eigenvalue weighted by molar-refractivity contribution is -0.140. The summed E-state index contributed by atoms with van der Waals surface area (Å²) in [5.74, 6) is -1.00. The molecule has 1 aliphatic rings. The number of halogens is 3.